The standard InChI is InChI=1S/C27H47N5/c1-2-6-18(7-3-1)32-25-21(8-4-12-30-25)27(22-9-5-13-31-26(22)32)23-16-28-14-10-19(23)20-11-15-29-17-24(20)27/h18-26,28-31H,1-17H2. The molecule has 8 atom stereocenters. The van der Waals surface area contributed by atoms with Crippen LogP contribution in [0, 0.1) is 40.9 Å². The van der Waals surface area contributed by atoms with Gasteiger partial charge in [-0.1, -0.05) is 19.3 Å². The molecule has 180 valence electrons. The summed E-state index contributed by atoms with van der Waals surface area (Å²) in [7, 11) is 0. The van der Waals surface area contributed by atoms with Crippen molar-refractivity contribution in [1.29, 1.82) is 0 Å². The molecular formula is C27H47N5. The van der Waals surface area contributed by atoms with Gasteiger partial charge in [-0.05, 0) is 132 Å². The predicted octanol–water partition coefficient (Wildman–Crippen LogP) is 2.74. The number of hydrogen-bond donors (Lipinski definition) is 4. The van der Waals surface area contributed by atoms with Gasteiger partial charge in [0.15, 0.2) is 0 Å². The molecule has 2 saturated carbocycles. The number of hydrogen-bond acceptors (Lipinski definition) is 5. The van der Waals surface area contributed by atoms with Crippen molar-refractivity contribution in [3.63, 3.8) is 0 Å². The van der Waals surface area contributed by atoms with E-state index in [4.69, 9.17) is 0 Å². The number of likely N-dealkylation sites (tertiary alicyclic amines) is 1. The average molecular weight is 442 g/mol. The first-order chi connectivity index (χ1) is 15.9. The molecule has 4 N–H and O–H groups in total. The van der Waals surface area contributed by atoms with E-state index in [2.05, 4.69) is 26.2 Å². The summed E-state index contributed by atoms with van der Waals surface area (Å²) in [5, 5.41) is 16.2. The lowest BCUT2D eigenvalue weighted by atomic mass is 9.49. The molecule has 8 unspecified atom stereocenters. The number of fused-ring (bicyclic) bond motifs is 9. The van der Waals surface area contributed by atoms with E-state index in [0.717, 1.165) is 41.5 Å². The molecule has 0 amide bonds. The van der Waals surface area contributed by atoms with Gasteiger partial charge in [-0.25, -0.2) is 0 Å². The van der Waals surface area contributed by atoms with Gasteiger partial charge in [0.1, 0.15) is 0 Å². The molecule has 7 aliphatic rings. The third-order valence-electron chi connectivity index (χ3n) is 11.7. The van der Waals surface area contributed by atoms with Gasteiger partial charge in [-0.15, -0.1) is 0 Å². The minimum Gasteiger partial charge on any atom is -0.316 e. The molecule has 1 spiro atoms. The number of nitrogens with one attached hydrogen (secondary N) is 4. The van der Waals surface area contributed by atoms with E-state index in [1.165, 1.54) is 110 Å². The average Bonchev–Trinajstić information content (AvgIpc) is 3.16. The monoisotopic (exact) mass is 441 g/mol. The summed E-state index contributed by atoms with van der Waals surface area (Å²) in [4.78, 5) is 3.08. The van der Waals surface area contributed by atoms with Crippen molar-refractivity contribution in [1.82, 2.24) is 26.2 Å². The van der Waals surface area contributed by atoms with Crippen LogP contribution < -0.4 is 21.3 Å². The molecule has 0 aromatic carbocycles. The molecular weight excluding hydrogens is 394 g/mol. The second-order valence-electron chi connectivity index (χ2n) is 12.6. The maximum atomic E-state index is 4.19. The SMILES string of the molecule is C1CCC(N2C3NCCCC3C3(C4CNCCC4C4CCNCC43)C3CCCNC32)CC1. The minimum absolute atomic E-state index is 0.525. The van der Waals surface area contributed by atoms with Crippen LogP contribution >= 0.6 is 0 Å². The van der Waals surface area contributed by atoms with Crippen molar-refractivity contribution in [2.45, 2.75) is 89.0 Å². The van der Waals surface area contributed by atoms with Crippen LogP contribution in [0.1, 0.15) is 70.6 Å². The Morgan fingerprint density at radius 2 is 1.09 bits per heavy atom. The van der Waals surface area contributed by atoms with E-state index in [9.17, 15) is 0 Å². The highest BCUT2D eigenvalue weighted by atomic mass is 15.4. The Kier molecular flexibility index (Phi) is 5.59. The summed E-state index contributed by atoms with van der Waals surface area (Å²) < 4.78 is 0. The van der Waals surface area contributed by atoms with E-state index in [1.54, 1.807) is 0 Å². The Bertz CT molecular complexity index is 629. The van der Waals surface area contributed by atoms with Crippen LogP contribution in [0.4, 0.5) is 0 Å². The Morgan fingerprint density at radius 1 is 0.531 bits per heavy atom. The summed E-state index contributed by atoms with van der Waals surface area (Å²) in [5.41, 5.74) is 0.525. The van der Waals surface area contributed by atoms with E-state index in [0.29, 0.717) is 17.7 Å². The van der Waals surface area contributed by atoms with Crippen LogP contribution in [0.3, 0.4) is 0 Å². The van der Waals surface area contributed by atoms with Crippen LogP contribution in [-0.4, -0.2) is 62.5 Å². The molecule has 7 rings (SSSR count). The zero-order valence-electron chi connectivity index (χ0n) is 20.2. The van der Waals surface area contributed by atoms with Gasteiger partial charge in [0.2, 0.25) is 0 Å². The van der Waals surface area contributed by atoms with Gasteiger partial charge in [0.05, 0.1) is 12.3 Å². The van der Waals surface area contributed by atoms with Crippen molar-refractivity contribution in [2.75, 3.05) is 39.3 Å². The van der Waals surface area contributed by atoms with E-state index in [-0.39, 0.29) is 0 Å². The van der Waals surface area contributed by atoms with Crippen LogP contribution in [0.5, 0.6) is 0 Å². The molecule has 5 heteroatoms. The summed E-state index contributed by atoms with van der Waals surface area (Å²) in [6, 6.07) is 0.805. The number of piperidine rings is 5. The summed E-state index contributed by atoms with van der Waals surface area (Å²) >= 11 is 0. The lowest BCUT2D eigenvalue weighted by Crippen LogP contribution is -2.77. The predicted molar refractivity (Wildman–Crippen MR) is 129 cm³/mol. The third-order valence-corrected chi connectivity index (χ3v) is 11.7. The first kappa shape index (κ1) is 21.1. The van der Waals surface area contributed by atoms with E-state index in [1.807, 2.05) is 0 Å². The topological polar surface area (TPSA) is 51.4 Å². The van der Waals surface area contributed by atoms with Crippen molar-refractivity contribution >= 4 is 0 Å². The highest BCUT2D eigenvalue weighted by Crippen LogP contribution is 2.69. The molecule has 5 heterocycles. The van der Waals surface area contributed by atoms with Crippen molar-refractivity contribution < 1.29 is 0 Å². The fraction of sp³-hybridized carbons (Fsp3) is 1.00. The van der Waals surface area contributed by atoms with Gasteiger partial charge < -0.3 is 21.3 Å². The summed E-state index contributed by atoms with van der Waals surface area (Å²) in [6.07, 6.45) is 17.1. The second kappa shape index (κ2) is 8.48. The maximum absolute atomic E-state index is 4.19. The van der Waals surface area contributed by atoms with Crippen LogP contribution in [0.2, 0.25) is 0 Å². The molecule has 0 aromatic heterocycles. The minimum atomic E-state index is 0.525. The molecule has 7 fully saturated rings. The van der Waals surface area contributed by atoms with Gasteiger partial charge in [0, 0.05) is 6.04 Å². The van der Waals surface area contributed by atoms with Crippen LogP contribution in [0.25, 0.3) is 0 Å². The van der Waals surface area contributed by atoms with Crippen molar-refractivity contribution in [3.05, 3.63) is 0 Å². The summed E-state index contributed by atoms with van der Waals surface area (Å²) in [5.74, 6) is 5.46. The number of nitrogens with zero attached hydrogens (tertiary/aromatic N) is 1. The fourth-order valence-electron chi connectivity index (χ4n) is 11.0. The largest absolute Gasteiger partial charge is 0.316 e. The Morgan fingerprint density at radius 3 is 1.66 bits per heavy atom. The van der Waals surface area contributed by atoms with E-state index >= 15 is 0 Å². The molecule has 32 heavy (non-hydrogen) atoms. The van der Waals surface area contributed by atoms with Crippen LogP contribution in [0.15, 0.2) is 0 Å². The first-order valence-electron chi connectivity index (χ1n) is 14.6. The lowest BCUT2D eigenvalue weighted by Gasteiger charge is -2.68. The fourth-order valence-corrected chi connectivity index (χ4v) is 11.0. The molecule has 0 aromatic rings. The maximum Gasteiger partial charge on any atom is 0.0648 e. The van der Waals surface area contributed by atoms with E-state index < -0.39 is 0 Å². The Labute approximate surface area is 195 Å². The lowest BCUT2D eigenvalue weighted by molar-refractivity contribution is -0.202. The Hall–Kier alpha value is -0.200. The van der Waals surface area contributed by atoms with Crippen LogP contribution in [-0.2, 0) is 0 Å². The van der Waals surface area contributed by atoms with Gasteiger partial charge in [-0.3, -0.25) is 4.90 Å². The molecule has 0 radical (unpaired) electrons. The number of rotatable bonds is 1. The summed E-state index contributed by atoms with van der Waals surface area (Å²) in [6.45, 7) is 7.59. The first-order valence-corrected chi connectivity index (χ1v) is 14.6. The quantitative estimate of drug-likeness (QED) is 0.504. The highest BCUT2D eigenvalue weighted by molar-refractivity contribution is 5.20. The highest BCUT2D eigenvalue weighted by Gasteiger charge is 2.71. The van der Waals surface area contributed by atoms with Gasteiger partial charge in [0.25, 0.3) is 0 Å². The van der Waals surface area contributed by atoms with Gasteiger partial charge in [-0.2, -0.15) is 0 Å². The normalized spacial score (nSPS) is 52.1. The van der Waals surface area contributed by atoms with Gasteiger partial charge >= 0.3 is 0 Å². The Balaban J connectivity index is 1.36. The van der Waals surface area contributed by atoms with Crippen molar-refractivity contribution in [2.24, 2.45) is 40.9 Å². The third kappa shape index (κ3) is 2.93. The molecule has 5 saturated heterocycles. The smallest absolute Gasteiger partial charge is 0.0648 e. The molecule has 5 nitrogen and oxygen atoms in total. The second-order valence-corrected chi connectivity index (χ2v) is 12.6. The van der Waals surface area contributed by atoms with Crippen molar-refractivity contribution in [3.8, 4) is 0 Å². The molecule has 0 bridgehead atoms. The molecule has 2 aliphatic carbocycles. The zero-order chi connectivity index (χ0) is 21.1. The molecule has 5 aliphatic heterocycles. The zero-order valence-corrected chi connectivity index (χ0v) is 20.2.